The number of nitrogens with one attached hydrogen (secondary N) is 1. The summed E-state index contributed by atoms with van der Waals surface area (Å²) in [6, 6.07) is 6.39. The van der Waals surface area contributed by atoms with Crippen molar-refractivity contribution in [1.29, 1.82) is 0 Å². The molecule has 1 rings (SSSR count). The van der Waals surface area contributed by atoms with E-state index in [0.717, 1.165) is 30.3 Å². The van der Waals surface area contributed by atoms with Gasteiger partial charge in [0.2, 0.25) is 0 Å². The molecule has 0 saturated carbocycles. The molecule has 3 heteroatoms. The van der Waals surface area contributed by atoms with Gasteiger partial charge in [-0.2, -0.15) is 0 Å². The molecule has 0 aliphatic heterocycles. The van der Waals surface area contributed by atoms with Crippen LogP contribution in [0.1, 0.15) is 39.7 Å². The molecule has 1 aromatic rings. The minimum absolute atomic E-state index is 0.673. The lowest BCUT2D eigenvalue weighted by Gasteiger charge is -2.24. The van der Waals surface area contributed by atoms with Crippen LogP contribution in [0, 0.1) is 11.8 Å². The first-order chi connectivity index (χ1) is 9.43. The Morgan fingerprint density at radius 1 is 1.25 bits per heavy atom. The van der Waals surface area contributed by atoms with Gasteiger partial charge in [-0.25, -0.2) is 0 Å². The van der Waals surface area contributed by atoms with Crippen molar-refractivity contribution < 1.29 is 0 Å². The van der Waals surface area contributed by atoms with Crippen LogP contribution in [0.2, 0.25) is 5.02 Å². The molecule has 0 heterocycles. The lowest BCUT2D eigenvalue weighted by atomic mass is 10.1. The molecule has 0 bridgehead atoms. The second-order valence-electron chi connectivity index (χ2n) is 6.20. The zero-order valence-electron chi connectivity index (χ0n) is 13.5. The largest absolute Gasteiger partial charge is 0.373 e. The Bertz CT molecular complexity index is 404. The fourth-order valence-corrected chi connectivity index (χ4v) is 2.52. The van der Waals surface area contributed by atoms with E-state index < -0.39 is 0 Å². The molecule has 0 radical (unpaired) electrons. The molecule has 1 unspecified atom stereocenters. The molecule has 1 atom stereocenters. The van der Waals surface area contributed by atoms with Crippen LogP contribution in [0.25, 0.3) is 0 Å². The van der Waals surface area contributed by atoms with Gasteiger partial charge in [-0.1, -0.05) is 51.8 Å². The molecule has 0 aliphatic rings. The lowest BCUT2D eigenvalue weighted by molar-refractivity contribution is 0.552. The molecule has 0 spiro atoms. The Balaban J connectivity index is 2.63. The predicted octanol–water partition coefficient (Wildman–Crippen LogP) is 4.57. The number of hydrogen-bond donors (Lipinski definition) is 1. The third-order valence-corrected chi connectivity index (χ3v) is 3.89. The van der Waals surface area contributed by atoms with Gasteiger partial charge in [0.05, 0.1) is 10.7 Å². The maximum atomic E-state index is 6.42. The first-order valence-corrected chi connectivity index (χ1v) is 8.02. The molecule has 1 N–H and O–H groups in total. The van der Waals surface area contributed by atoms with Crippen LogP contribution in [-0.2, 0) is 6.54 Å². The van der Waals surface area contributed by atoms with Crippen LogP contribution >= 0.6 is 11.6 Å². The van der Waals surface area contributed by atoms with E-state index in [1.165, 1.54) is 12.0 Å². The van der Waals surface area contributed by atoms with Crippen molar-refractivity contribution >= 4 is 17.3 Å². The Hall–Kier alpha value is -0.730. The summed E-state index contributed by atoms with van der Waals surface area (Å²) in [5.41, 5.74) is 2.37. The Labute approximate surface area is 129 Å². The minimum Gasteiger partial charge on any atom is -0.373 e. The number of rotatable bonds is 8. The van der Waals surface area contributed by atoms with Gasteiger partial charge in [0.15, 0.2) is 0 Å². The Morgan fingerprint density at radius 2 is 1.95 bits per heavy atom. The van der Waals surface area contributed by atoms with Crippen LogP contribution in [0.15, 0.2) is 18.2 Å². The molecule has 20 heavy (non-hydrogen) atoms. The van der Waals surface area contributed by atoms with Crippen molar-refractivity contribution in [2.45, 2.75) is 40.7 Å². The molecule has 2 nitrogen and oxygen atoms in total. The number of hydrogen-bond acceptors (Lipinski definition) is 2. The first-order valence-electron chi connectivity index (χ1n) is 7.64. The summed E-state index contributed by atoms with van der Waals surface area (Å²) in [5, 5.41) is 4.29. The highest BCUT2D eigenvalue weighted by Gasteiger charge is 2.09. The van der Waals surface area contributed by atoms with Crippen molar-refractivity contribution in [2.24, 2.45) is 11.8 Å². The van der Waals surface area contributed by atoms with Crippen molar-refractivity contribution in [2.75, 3.05) is 25.0 Å². The topological polar surface area (TPSA) is 15.3 Å². The van der Waals surface area contributed by atoms with E-state index in [1.54, 1.807) is 0 Å². The SMILES string of the molecule is CCC(C)CN(C)c1ccc(CNCC(C)C)cc1Cl. The number of benzene rings is 1. The molecule has 0 aromatic heterocycles. The highest BCUT2D eigenvalue weighted by molar-refractivity contribution is 6.33. The molecule has 114 valence electrons. The van der Waals surface area contributed by atoms with E-state index in [9.17, 15) is 0 Å². The molecular weight excluding hydrogens is 268 g/mol. The molecule has 1 aromatic carbocycles. The van der Waals surface area contributed by atoms with Crippen molar-refractivity contribution in [3.63, 3.8) is 0 Å². The summed E-state index contributed by atoms with van der Waals surface area (Å²) in [6.07, 6.45) is 1.19. The van der Waals surface area contributed by atoms with Gasteiger partial charge >= 0.3 is 0 Å². The zero-order valence-corrected chi connectivity index (χ0v) is 14.3. The highest BCUT2D eigenvalue weighted by Crippen LogP contribution is 2.27. The molecule has 0 aliphatic carbocycles. The monoisotopic (exact) mass is 296 g/mol. The maximum absolute atomic E-state index is 6.42. The van der Waals surface area contributed by atoms with Crippen LogP contribution in [0.3, 0.4) is 0 Å². The van der Waals surface area contributed by atoms with E-state index >= 15 is 0 Å². The molecule has 0 saturated heterocycles. The zero-order chi connectivity index (χ0) is 15.1. The van der Waals surface area contributed by atoms with Crippen molar-refractivity contribution in [1.82, 2.24) is 5.32 Å². The quantitative estimate of drug-likeness (QED) is 0.756. The van der Waals surface area contributed by atoms with Crippen LogP contribution in [0.4, 0.5) is 5.69 Å². The van der Waals surface area contributed by atoms with Gasteiger partial charge in [-0.15, -0.1) is 0 Å². The van der Waals surface area contributed by atoms with E-state index in [0.29, 0.717) is 11.8 Å². The van der Waals surface area contributed by atoms with Crippen LogP contribution < -0.4 is 10.2 Å². The standard InChI is InChI=1S/C17H29ClN2/c1-6-14(4)12-20(5)17-8-7-15(9-16(17)18)11-19-10-13(2)3/h7-9,13-14,19H,6,10-12H2,1-5H3. The average Bonchev–Trinajstić information content (AvgIpc) is 2.38. The summed E-state index contributed by atoms with van der Waals surface area (Å²) in [5.74, 6) is 1.36. The number of halogens is 1. The van der Waals surface area contributed by atoms with E-state index in [1.807, 2.05) is 0 Å². The predicted molar refractivity (Wildman–Crippen MR) is 90.7 cm³/mol. The van der Waals surface area contributed by atoms with Gasteiger partial charge in [0.1, 0.15) is 0 Å². The maximum Gasteiger partial charge on any atom is 0.0642 e. The van der Waals surface area contributed by atoms with Gasteiger partial charge in [-0.05, 0) is 36.1 Å². The molecular formula is C17H29ClN2. The molecule has 0 amide bonds. The average molecular weight is 297 g/mol. The van der Waals surface area contributed by atoms with Gasteiger partial charge in [-0.3, -0.25) is 0 Å². The third-order valence-electron chi connectivity index (χ3n) is 3.59. The van der Waals surface area contributed by atoms with Gasteiger partial charge in [0.25, 0.3) is 0 Å². The third kappa shape index (κ3) is 5.72. The molecule has 0 fully saturated rings. The Kier molecular flexibility index (Phi) is 7.39. The summed E-state index contributed by atoms with van der Waals surface area (Å²) in [4.78, 5) is 2.25. The van der Waals surface area contributed by atoms with Crippen LogP contribution in [0.5, 0.6) is 0 Å². The summed E-state index contributed by atoms with van der Waals surface area (Å²) < 4.78 is 0. The number of anilines is 1. The van der Waals surface area contributed by atoms with Gasteiger partial charge in [0, 0.05) is 20.1 Å². The highest BCUT2D eigenvalue weighted by atomic mass is 35.5. The summed E-state index contributed by atoms with van der Waals surface area (Å²) >= 11 is 6.42. The van der Waals surface area contributed by atoms with E-state index in [-0.39, 0.29) is 0 Å². The van der Waals surface area contributed by atoms with Gasteiger partial charge < -0.3 is 10.2 Å². The number of nitrogens with zero attached hydrogens (tertiary/aromatic N) is 1. The van der Waals surface area contributed by atoms with E-state index in [4.69, 9.17) is 11.6 Å². The lowest BCUT2D eigenvalue weighted by Crippen LogP contribution is -2.24. The fourth-order valence-electron chi connectivity index (χ4n) is 2.17. The normalized spacial score (nSPS) is 12.8. The van der Waals surface area contributed by atoms with Crippen molar-refractivity contribution in [3.05, 3.63) is 28.8 Å². The second kappa shape index (κ2) is 8.53. The minimum atomic E-state index is 0.673. The van der Waals surface area contributed by atoms with Crippen molar-refractivity contribution in [3.8, 4) is 0 Å². The fraction of sp³-hybridized carbons (Fsp3) is 0.647. The first kappa shape index (κ1) is 17.3. The second-order valence-corrected chi connectivity index (χ2v) is 6.61. The smallest absolute Gasteiger partial charge is 0.0642 e. The summed E-state index contributed by atoms with van der Waals surface area (Å²) in [6.45, 7) is 11.9. The Morgan fingerprint density at radius 3 is 2.50 bits per heavy atom. The summed E-state index contributed by atoms with van der Waals surface area (Å²) in [7, 11) is 2.12. The van der Waals surface area contributed by atoms with E-state index in [2.05, 4.69) is 63.2 Å². The van der Waals surface area contributed by atoms with Crippen LogP contribution in [-0.4, -0.2) is 20.1 Å².